The van der Waals surface area contributed by atoms with Gasteiger partial charge in [0.15, 0.2) is 5.96 Å². The van der Waals surface area contributed by atoms with E-state index < -0.39 is 0 Å². The zero-order valence-corrected chi connectivity index (χ0v) is 15.6. The third kappa shape index (κ3) is 5.42. The van der Waals surface area contributed by atoms with E-state index in [9.17, 15) is 4.39 Å². The van der Waals surface area contributed by atoms with Gasteiger partial charge < -0.3 is 19.7 Å². The Morgan fingerprint density at radius 1 is 1.27 bits per heavy atom. The molecule has 26 heavy (non-hydrogen) atoms. The van der Waals surface area contributed by atoms with Gasteiger partial charge in [-0.05, 0) is 38.2 Å². The first kappa shape index (κ1) is 19.1. The summed E-state index contributed by atoms with van der Waals surface area (Å²) in [5.41, 5.74) is 0.652. The molecule has 0 amide bonds. The van der Waals surface area contributed by atoms with Crippen LogP contribution < -0.4 is 5.32 Å². The van der Waals surface area contributed by atoms with Crippen LogP contribution in [0.4, 0.5) is 4.39 Å². The average molecular weight is 363 g/mol. The number of hydrogen-bond acceptors (Lipinski definition) is 3. The van der Waals surface area contributed by atoms with Crippen LogP contribution in [0.2, 0.25) is 0 Å². The van der Waals surface area contributed by atoms with E-state index in [-0.39, 0.29) is 11.9 Å². The Balaban J connectivity index is 1.40. The largest absolute Gasteiger partial charge is 0.376 e. The van der Waals surface area contributed by atoms with Crippen molar-refractivity contribution in [1.29, 1.82) is 0 Å². The highest BCUT2D eigenvalue weighted by Gasteiger charge is 2.23. The second-order valence-electron chi connectivity index (χ2n) is 7.00. The summed E-state index contributed by atoms with van der Waals surface area (Å²) in [5, 5.41) is 3.27. The molecule has 0 bridgehead atoms. The molecule has 1 atom stereocenters. The number of guanidine groups is 1. The van der Waals surface area contributed by atoms with Gasteiger partial charge in [0, 0.05) is 38.9 Å². The van der Waals surface area contributed by atoms with E-state index in [1.807, 2.05) is 6.07 Å². The second-order valence-corrected chi connectivity index (χ2v) is 7.00. The fraction of sp³-hybridized carbons (Fsp3) is 0.650. The van der Waals surface area contributed by atoms with E-state index in [2.05, 4.69) is 15.2 Å². The third-order valence-corrected chi connectivity index (χ3v) is 5.14. The van der Waals surface area contributed by atoms with Crippen molar-refractivity contribution in [1.82, 2.24) is 10.2 Å². The molecule has 2 aliphatic heterocycles. The Labute approximate surface area is 155 Å². The molecule has 0 aliphatic carbocycles. The molecule has 2 aliphatic rings. The summed E-state index contributed by atoms with van der Waals surface area (Å²) in [6, 6.07) is 6.83. The summed E-state index contributed by atoms with van der Waals surface area (Å²) < 4.78 is 25.6. The minimum Gasteiger partial charge on any atom is -0.376 e. The van der Waals surface area contributed by atoms with Gasteiger partial charge in [0.05, 0.1) is 18.8 Å². The zero-order chi connectivity index (χ0) is 18.2. The number of nitrogens with zero attached hydrogens (tertiary/aromatic N) is 2. The summed E-state index contributed by atoms with van der Waals surface area (Å²) in [4.78, 5) is 6.57. The van der Waals surface area contributed by atoms with Crippen molar-refractivity contribution < 1.29 is 13.9 Å². The van der Waals surface area contributed by atoms with Crippen molar-refractivity contribution in [3.63, 3.8) is 0 Å². The normalized spacial score (nSPS) is 22.5. The van der Waals surface area contributed by atoms with Gasteiger partial charge in [-0.25, -0.2) is 4.39 Å². The maximum Gasteiger partial charge on any atom is 0.193 e. The SMILES string of the molecule is CN=C(NCc1ccccc1F)N1CCC(OCC2CCCCO2)CC1. The van der Waals surface area contributed by atoms with Crippen LogP contribution in [-0.2, 0) is 16.0 Å². The molecule has 5 nitrogen and oxygen atoms in total. The van der Waals surface area contributed by atoms with E-state index in [0.717, 1.165) is 44.9 Å². The molecule has 0 aromatic heterocycles. The predicted molar refractivity (Wildman–Crippen MR) is 101 cm³/mol. The zero-order valence-electron chi connectivity index (χ0n) is 15.6. The van der Waals surface area contributed by atoms with Gasteiger partial charge in [0.2, 0.25) is 0 Å². The molecule has 3 rings (SSSR count). The van der Waals surface area contributed by atoms with Gasteiger partial charge in [-0.3, -0.25) is 4.99 Å². The summed E-state index contributed by atoms with van der Waals surface area (Å²) in [6.45, 7) is 3.82. The Kier molecular flexibility index (Phi) is 7.26. The summed E-state index contributed by atoms with van der Waals surface area (Å²) >= 11 is 0. The molecule has 2 heterocycles. The number of rotatable bonds is 5. The highest BCUT2D eigenvalue weighted by Crippen LogP contribution is 2.18. The number of ether oxygens (including phenoxy) is 2. The van der Waals surface area contributed by atoms with Gasteiger partial charge in [0.25, 0.3) is 0 Å². The van der Waals surface area contributed by atoms with Crippen molar-refractivity contribution in [3.05, 3.63) is 35.6 Å². The van der Waals surface area contributed by atoms with Crippen LogP contribution in [-0.4, -0.2) is 56.4 Å². The monoisotopic (exact) mass is 363 g/mol. The fourth-order valence-electron chi connectivity index (χ4n) is 3.56. The Hall–Kier alpha value is -1.66. The van der Waals surface area contributed by atoms with E-state index in [0.29, 0.717) is 24.8 Å². The molecule has 144 valence electrons. The Morgan fingerprint density at radius 2 is 2.08 bits per heavy atom. The lowest BCUT2D eigenvalue weighted by molar-refractivity contribution is -0.0721. The Bertz CT molecular complexity index is 582. The Morgan fingerprint density at radius 3 is 2.77 bits per heavy atom. The van der Waals surface area contributed by atoms with Crippen molar-refractivity contribution in [2.75, 3.05) is 33.4 Å². The lowest BCUT2D eigenvalue weighted by Gasteiger charge is -2.35. The fourth-order valence-corrected chi connectivity index (χ4v) is 3.56. The van der Waals surface area contributed by atoms with Gasteiger partial charge in [-0.2, -0.15) is 0 Å². The minimum atomic E-state index is -0.188. The quantitative estimate of drug-likeness (QED) is 0.645. The number of aliphatic imine (C=N–C) groups is 1. The van der Waals surface area contributed by atoms with Gasteiger partial charge in [-0.15, -0.1) is 0 Å². The lowest BCUT2D eigenvalue weighted by atomic mass is 10.1. The standard InChI is InChI=1S/C20H30FN3O2/c1-22-20(23-14-16-6-2-3-8-19(16)21)24-11-9-17(10-12-24)26-15-18-7-4-5-13-25-18/h2-3,6,8,17-18H,4-5,7,9-15H2,1H3,(H,22,23). The van der Waals surface area contributed by atoms with Gasteiger partial charge in [0.1, 0.15) is 5.82 Å². The van der Waals surface area contributed by atoms with Crippen LogP contribution >= 0.6 is 0 Å². The molecule has 1 unspecified atom stereocenters. The third-order valence-electron chi connectivity index (χ3n) is 5.14. The van der Waals surface area contributed by atoms with E-state index in [1.54, 1.807) is 19.2 Å². The lowest BCUT2D eigenvalue weighted by Crippen LogP contribution is -2.47. The molecule has 1 N–H and O–H groups in total. The van der Waals surface area contributed by atoms with Crippen molar-refractivity contribution in [2.45, 2.75) is 50.9 Å². The number of nitrogens with one attached hydrogen (secondary N) is 1. The predicted octanol–water partition coefficient (Wildman–Crippen LogP) is 2.95. The van der Waals surface area contributed by atoms with Crippen LogP contribution in [0.15, 0.2) is 29.3 Å². The van der Waals surface area contributed by atoms with Gasteiger partial charge in [-0.1, -0.05) is 18.2 Å². The smallest absolute Gasteiger partial charge is 0.193 e. The van der Waals surface area contributed by atoms with E-state index in [1.165, 1.54) is 18.9 Å². The first-order chi connectivity index (χ1) is 12.8. The number of benzene rings is 1. The molecular formula is C20H30FN3O2. The summed E-state index contributed by atoms with van der Waals surface area (Å²) in [6.07, 6.45) is 6.06. The van der Waals surface area contributed by atoms with E-state index in [4.69, 9.17) is 9.47 Å². The van der Waals surface area contributed by atoms with Crippen molar-refractivity contribution in [3.8, 4) is 0 Å². The second kappa shape index (κ2) is 9.88. The highest BCUT2D eigenvalue weighted by molar-refractivity contribution is 5.79. The summed E-state index contributed by atoms with van der Waals surface area (Å²) in [7, 11) is 1.77. The van der Waals surface area contributed by atoms with Crippen LogP contribution in [0.5, 0.6) is 0 Å². The van der Waals surface area contributed by atoms with Crippen LogP contribution in [0, 0.1) is 5.82 Å². The number of halogens is 1. The van der Waals surface area contributed by atoms with Crippen LogP contribution in [0.25, 0.3) is 0 Å². The van der Waals surface area contributed by atoms with E-state index >= 15 is 0 Å². The first-order valence-electron chi connectivity index (χ1n) is 9.68. The number of piperidine rings is 1. The average Bonchev–Trinajstić information content (AvgIpc) is 2.70. The van der Waals surface area contributed by atoms with Crippen LogP contribution in [0.1, 0.15) is 37.7 Å². The molecule has 6 heteroatoms. The van der Waals surface area contributed by atoms with Crippen molar-refractivity contribution >= 4 is 5.96 Å². The molecule has 2 saturated heterocycles. The number of likely N-dealkylation sites (tertiary alicyclic amines) is 1. The van der Waals surface area contributed by atoms with Crippen LogP contribution in [0.3, 0.4) is 0 Å². The molecule has 1 aromatic rings. The van der Waals surface area contributed by atoms with Crippen molar-refractivity contribution in [2.24, 2.45) is 4.99 Å². The molecule has 1 aromatic carbocycles. The highest BCUT2D eigenvalue weighted by atomic mass is 19.1. The molecular weight excluding hydrogens is 333 g/mol. The molecule has 0 radical (unpaired) electrons. The summed E-state index contributed by atoms with van der Waals surface area (Å²) in [5.74, 6) is 0.634. The first-order valence-corrected chi connectivity index (χ1v) is 9.68. The minimum absolute atomic E-state index is 0.188. The van der Waals surface area contributed by atoms with Gasteiger partial charge >= 0.3 is 0 Å². The molecule has 2 fully saturated rings. The number of hydrogen-bond donors (Lipinski definition) is 1. The molecule has 0 spiro atoms. The maximum atomic E-state index is 13.8. The molecule has 0 saturated carbocycles. The maximum absolute atomic E-state index is 13.8. The topological polar surface area (TPSA) is 46.1 Å².